The Morgan fingerprint density at radius 1 is 1.03 bits per heavy atom. The van der Waals surface area contributed by atoms with Crippen molar-refractivity contribution in [3.8, 4) is 0 Å². The second-order valence-corrected chi connectivity index (χ2v) is 7.23. The van der Waals surface area contributed by atoms with Gasteiger partial charge in [-0.2, -0.15) is 26.3 Å². The molecule has 0 aliphatic carbocycles. The molecule has 0 bridgehead atoms. The molecule has 3 rings (SSSR count). The van der Waals surface area contributed by atoms with E-state index >= 15 is 0 Å². The fourth-order valence-corrected chi connectivity index (χ4v) is 3.19. The second kappa shape index (κ2) is 7.90. The molecule has 2 heterocycles. The molecule has 4 nitrogen and oxygen atoms in total. The van der Waals surface area contributed by atoms with Crippen LogP contribution in [0.2, 0.25) is 0 Å². The summed E-state index contributed by atoms with van der Waals surface area (Å²) in [5.41, 5.74) is 4.21. The van der Waals surface area contributed by atoms with Gasteiger partial charge in [0.05, 0.1) is 23.7 Å². The summed E-state index contributed by atoms with van der Waals surface area (Å²) in [6, 6.07) is 4.28. The van der Waals surface area contributed by atoms with Gasteiger partial charge in [-0.15, -0.1) is 0 Å². The largest absolute Gasteiger partial charge is 0.416 e. The number of hydrogen-bond acceptors (Lipinski definition) is 3. The van der Waals surface area contributed by atoms with Crippen LogP contribution < -0.4 is 5.73 Å². The van der Waals surface area contributed by atoms with E-state index in [0.717, 1.165) is 6.42 Å². The van der Waals surface area contributed by atoms with Crippen LogP contribution in [0.1, 0.15) is 48.8 Å². The molecule has 2 N–H and O–H groups in total. The van der Waals surface area contributed by atoms with E-state index in [1.54, 1.807) is 12.1 Å². The molecular formula is C20H20F6N4. The normalized spacial score (nSPS) is 14.8. The highest BCUT2D eigenvalue weighted by Crippen LogP contribution is 2.37. The third kappa shape index (κ3) is 4.43. The summed E-state index contributed by atoms with van der Waals surface area (Å²) in [6.07, 6.45) is -7.63. The molecule has 2 aromatic heterocycles. The number of halogens is 6. The Morgan fingerprint density at radius 2 is 1.63 bits per heavy atom. The first-order valence-corrected chi connectivity index (χ1v) is 9.27. The number of pyridine rings is 1. The van der Waals surface area contributed by atoms with E-state index < -0.39 is 29.5 Å². The summed E-state index contributed by atoms with van der Waals surface area (Å²) in [6.45, 7) is 3.55. The van der Waals surface area contributed by atoms with Crippen molar-refractivity contribution in [3.63, 3.8) is 0 Å². The Morgan fingerprint density at radius 3 is 2.17 bits per heavy atom. The van der Waals surface area contributed by atoms with Gasteiger partial charge in [0.1, 0.15) is 11.3 Å². The van der Waals surface area contributed by atoms with Gasteiger partial charge < -0.3 is 10.3 Å². The van der Waals surface area contributed by atoms with Crippen LogP contribution in [-0.2, 0) is 18.9 Å². The van der Waals surface area contributed by atoms with E-state index in [9.17, 15) is 26.3 Å². The zero-order valence-electron chi connectivity index (χ0n) is 16.2. The minimum Gasteiger partial charge on any atom is -0.321 e. The summed E-state index contributed by atoms with van der Waals surface area (Å²) in [5.74, 6) is 0.358. The van der Waals surface area contributed by atoms with Gasteiger partial charge in [0.2, 0.25) is 0 Å². The van der Waals surface area contributed by atoms with Crippen LogP contribution in [0, 0.1) is 5.92 Å². The van der Waals surface area contributed by atoms with Crippen molar-refractivity contribution in [3.05, 3.63) is 59.0 Å². The van der Waals surface area contributed by atoms with Crippen LogP contribution in [0.4, 0.5) is 26.3 Å². The lowest BCUT2D eigenvalue weighted by Gasteiger charge is -2.20. The van der Waals surface area contributed by atoms with Crippen LogP contribution >= 0.6 is 0 Å². The van der Waals surface area contributed by atoms with E-state index in [1.165, 1.54) is 10.8 Å². The standard InChI is InChI=1S/C20H20F6N4/c1-3-11(2)16(27)18-29-15-5-4-6-28-17(15)30(18)10-12-7-13(19(21,22)23)9-14(8-12)20(24,25)26/h4-9,11,16H,3,10,27H2,1-2H3. The topological polar surface area (TPSA) is 56.7 Å². The van der Waals surface area contributed by atoms with Crippen molar-refractivity contribution in [1.82, 2.24) is 14.5 Å². The quantitative estimate of drug-likeness (QED) is 0.539. The maximum absolute atomic E-state index is 13.2. The van der Waals surface area contributed by atoms with Crippen molar-refractivity contribution in [1.29, 1.82) is 0 Å². The Balaban J connectivity index is 2.16. The molecule has 0 radical (unpaired) electrons. The number of alkyl halides is 6. The molecular weight excluding hydrogens is 410 g/mol. The van der Waals surface area contributed by atoms with Gasteiger partial charge >= 0.3 is 12.4 Å². The zero-order chi connectivity index (χ0) is 22.3. The van der Waals surface area contributed by atoms with Gasteiger partial charge in [0.25, 0.3) is 0 Å². The number of imidazole rings is 1. The van der Waals surface area contributed by atoms with Crippen molar-refractivity contribution < 1.29 is 26.3 Å². The molecule has 3 aromatic rings. The molecule has 0 aliphatic heterocycles. The maximum atomic E-state index is 13.2. The smallest absolute Gasteiger partial charge is 0.321 e. The molecule has 1 aromatic carbocycles. The monoisotopic (exact) mass is 430 g/mol. The summed E-state index contributed by atoms with van der Waals surface area (Å²) < 4.78 is 80.7. The minimum absolute atomic E-state index is 0.00666. The average Bonchev–Trinajstić information content (AvgIpc) is 3.03. The molecule has 0 amide bonds. The van der Waals surface area contributed by atoms with Gasteiger partial charge in [0.15, 0.2) is 5.65 Å². The van der Waals surface area contributed by atoms with E-state index in [4.69, 9.17) is 5.73 Å². The number of nitrogens with two attached hydrogens (primary N) is 1. The molecule has 2 unspecified atom stereocenters. The van der Waals surface area contributed by atoms with Crippen LogP contribution in [0.5, 0.6) is 0 Å². The molecule has 30 heavy (non-hydrogen) atoms. The van der Waals surface area contributed by atoms with Crippen molar-refractivity contribution in [2.45, 2.75) is 45.2 Å². The summed E-state index contributed by atoms with van der Waals surface area (Å²) in [4.78, 5) is 8.66. The lowest BCUT2D eigenvalue weighted by Crippen LogP contribution is -2.23. The van der Waals surface area contributed by atoms with E-state index in [2.05, 4.69) is 9.97 Å². The van der Waals surface area contributed by atoms with Crippen molar-refractivity contribution in [2.24, 2.45) is 11.7 Å². The third-order valence-electron chi connectivity index (χ3n) is 5.08. The molecule has 10 heteroatoms. The highest BCUT2D eigenvalue weighted by molar-refractivity contribution is 5.71. The van der Waals surface area contributed by atoms with Crippen LogP contribution in [-0.4, -0.2) is 14.5 Å². The Labute approximate surface area is 168 Å². The molecule has 2 atom stereocenters. The highest BCUT2D eigenvalue weighted by Gasteiger charge is 2.37. The van der Waals surface area contributed by atoms with Gasteiger partial charge in [-0.1, -0.05) is 20.3 Å². The second-order valence-electron chi connectivity index (χ2n) is 7.23. The predicted molar refractivity (Wildman–Crippen MR) is 99.5 cm³/mol. The van der Waals surface area contributed by atoms with E-state index in [0.29, 0.717) is 29.1 Å². The molecule has 0 spiro atoms. The molecule has 0 aliphatic rings. The lowest BCUT2D eigenvalue weighted by atomic mass is 9.99. The molecule has 0 fully saturated rings. The fraction of sp³-hybridized carbons (Fsp3) is 0.400. The first kappa shape index (κ1) is 22.1. The number of aromatic nitrogens is 3. The molecule has 0 saturated heterocycles. The maximum Gasteiger partial charge on any atom is 0.416 e. The third-order valence-corrected chi connectivity index (χ3v) is 5.08. The van der Waals surface area contributed by atoms with Crippen LogP contribution in [0.15, 0.2) is 36.5 Å². The zero-order valence-corrected chi connectivity index (χ0v) is 16.2. The minimum atomic E-state index is -4.92. The predicted octanol–water partition coefficient (Wildman–Crippen LogP) is 5.56. The highest BCUT2D eigenvalue weighted by atomic mass is 19.4. The first-order chi connectivity index (χ1) is 13.9. The summed E-state index contributed by atoms with van der Waals surface area (Å²) >= 11 is 0. The summed E-state index contributed by atoms with van der Waals surface area (Å²) in [7, 11) is 0. The van der Waals surface area contributed by atoms with Crippen LogP contribution in [0.25, 0.3) is 11.2 Å². The number of fused-ring (bicyclic) bond motifs is 1. The Hall–Kier alpha value is -2.62. The van der Waals surface area contributed by atoms with E-state index in [1.807, 2.05) is 13.8 Å². The molecule has 0 saturated carbocycles. The molecule has 162 valence electrons. The SMILES string of the molecule is CCC(C)C(N)c1nc2cccnc2n1Cc1cc(C(F)(F)F)cc(C(F)(F)F)c1. The number of hydrogen-bond donors (Lipinski definition) is 1. The number of nitrogens with zero attached hydrogens (tertiary/aromatic N) is 3. The fourth-order valence-electron chi connectivity index (χ4n) is 3.19. The Bertz CT molecular complexity index is 1010. The average molecular weight is 430 g/mol. The first-order valence-electron chi connectivity index (χ1n) is 9.27. The van der Waals surface area contributed by atoms with Gasteiger partial charge in [-0.05, 0) is 41.8 Å². The van der Waals surface area contributed by atoms with Gasteiger partial charge in [0, 0.05) is 6.20 Å². The Kier molecular flexibility index (Phi) is 5.81. The lowest BCUT2D eigenvalue weighted by molar-refractivity contribution is -0.143. The number of benzene rings is 1. The van der Waals surface area contributed by atoms with Gasteiger partial charge in [-0.25, -0.2) is 9.97 Å². The van der Waals surface area contributed by atoms with Gasteiger partial charge in [-0.3, -0.25) is 0 Å². The van der Waals surface area contributed by atoms with Crippen molar-refractivity contribution in [2.75, 3.05) is 0 Å². The summed E-state index contributed by atoms with van der Waals surface area (Å²) in [5, 5.41) is 0. The van der Waals surface area contributed by atoms with Crippen molar-refractivity contribution >= 4 is 11.2 Å². The van der Waals surface area contributed by atoms with E-state index in [-0.39, 0.29) is 24.1 Å². The number of rotatable bonds is 5. The van der Waals surface area contributed by atoms with Crippen LogP contribution in [0.3, 0.4) is 0 Å².